The van der Waals surface area contributed by atoms with Gasteiger partial charge >= 0.3 is 0 Å². The molecule has 1 N–H and O–H groups in total. The van der Waals surface area contributed by atoms with Gasteiger partial charge in [0, 0.05) is 25.8 Å². The average Bonchev–Trinajstić information content (AvgIpc) is 2.95. The Hall–Kier alpha value is -1.62. The number of nitrogens with one attached hydrogen (secondary N) is 1. The van der Waals surface area contributed by atoms with Gasteiger partial charge in [-0.05, 0) is 49.3 Å². The Morgan fingerprint density at radius 3 is 2.73 bits per heavy atom. The lowest BCUT2D eigenvalue weighted by Gasteiger charge is -2.28. The van der Waals surface area contributed by atoms with Gasteiger partial charge in [0.1, 0.15) is 12.4 Å². The van der Waals surface area contributed by atoms with Crippen molar-refractivity contribution in [1.29, 1.82) is 0 Å². The summed E-state index contributed by atoms with van der Waals surface area (Å²) in [7, 11) is 0. The van der Waals surface area contributed by atoms with Gasteiger partial charge in [-0.25, -0.2) is 4.98 Å². The summed E-state index contributed by atoms with van der Waals surface area (Å²) >= 11 is 0. The summed E-state index contributed by atoms with van der Waals surface area (Å²) in [5.41, 5.74) is 1.10. The molecule has 1 aromatic heterocycles. The fourth-order valence-corrected chi connectivity index (χ4v) is 4.01. The molecule has 144 valence electrons. The molecule has 3 rings (SSSR count). The van der Waals surface area contributed by atoms with E-state index in [1.807, 2.05) is 12.3 Å². The van der Waals surface area contributed by atoms with Crippen LogP contribution in [0.3, 0.4) is 0 Å². The minimum absolute atomic E-state index is 0.0316. The van der Waals surface area contributed by atoms with Crippen molar-refractivity contribution in [2.24, 2.45) is 5.92 Å². The Morgan fingerprint density at radius 2 is 1.96 bits per heavy atom. The van der Waals surface area contributed by atoms with Gasteiger partial charge in [0.25, 0.3) is 0 Å². The molecule has 1 aromatic rings. The Labute approximate surface area is 157 Å². The zero-order chi connectivity index (χ0) is 18.2. The number of carbonyl (C=O) groups is 1. The zero-order valence-electron chi connectivity index (χ0n) is 16.1. The Bertz CT molecular complexity index is 570. The lowest BCUT2D eigenvalue weighted by atomic mass is 9.88. The topological polar surface area (TPSA) is 54.5 Å². The number of hydrogen-bond donors (Lipinski definition) is 1. The molecule has 0 radical (unpaired) electrons. The quantitative estimate of drug-likeness (QED) is 0.842. The summed E-state index contributed by atoms with van der Waals surface area (Å²) in [4.78, 5) is 19.0. The van der Waals surface area contributed by atoms with E-state index in [4.69, 9.17) is 4.74 Å². The minimum Gasteiger partial charge on any atom is -0.368 e. The Kier molecular flexibility index (Phi) is 7.30. The molecule has 1 aliphatic carbocycles. The highest BCUT2D eigenvalue weighted by Crippen LogP contribution is 2.26. The van der Waals surface area contributed by atoms with E-state index in [2.05, 4.69) is 28.2 Å². The number of aromatic nitrogens is 1. The summed E-state index contributed by atoms with van der Waals surface area (Å²) in [6.07, 6.45) is 12.0. The predicted octanol–water partition coefficient (Wildman–Crippen LogP) is 3.67. The van der Waals surface area contributed by atoms with Crippen LogP contribution in [0.4, 0.5) is 5.82 Å². The first kappa shape index (κ1) is 19.2. The maximum absolute atomic E-state index is 12.1. The summed E-state index contributed by atoms with van der Waals surface area (Å²) in [6, 6.07) is 4.08. The van der Waals surface area contributed by atoms with E-state index in [-0.39, 0.29) is 18.6 Å². The van der Waals surface area contributed by atoms with Crippen LogP contribution in [0.5, 0.6) is 0 Å². The molecule has 5 nitrogen and oxygen atoms in total. The van der Waals surface area contributed by atoms with Gasteiger partial charge in [-0.2, -0.15) is 0 Å². The first-order valence-electron chi connectivity index (χ1n) is 10.3. The van der Waals surface area contributed by atoms with Crippen LogP contribution in [0.1, 0.15) is 63.9 Å². The monoisotopic (exact) mass is 359 g/mol. The molecule has 5 heteroatoms. The predicted molar refractivity (Wildman–Crippen MR) is 104 cm³/mol. The van der Waals surface area contributed by atoms with Gasteiger partial charge in [-0.1, -0.05) is 32.6 Å². The smallest absolute Gasteiger partial charge is 0.246 e. The molecule has 2 heterocycles. The number of pyridine rings is 1. The zero-order valence-corrected chi connectivity index (χ0v) is 16.1. The van der Waals surface area contributed by atoms with Gasteiger partial charge in [-0.3, -0.25) is 4.79 Å². The second-order valence-corrected chi connectivity index (χ2v) is 7.81. The number of carbonyl (C=O) groups excluding carboxylic acids is 1. The van der Waals surface area contributed by atoms with Crippen LogP contribution in [-0.4, -0.2) is 36.7 Å². The molecular weight excluding hydrogens is 326 g/mol. The Balaban J connectivity index is 1.45. The highest BCUT2D eigenvalue weighted by molar-refractivity contribution is 5.77. The molecule has 2 unspecified atom stereocenters. The largest absolute Gasteiger partial charge is 0.368 e. The molecule has 1 aliphatic heterocycles. The van der Waals surface area contributed by atoms with Crippen molar-refractivity contribution in [2.45, 2.75) is 70.9 Å². The van der Waals surface area contributed by atoms with Gasteiger partial charge in [0.2, 0.25) is 5.91 Å². The van der Waals surface area contributed by atoms with Crippen molar-refractivity contribution in [1.82, 2.24) is 10.3 Å². The normalized spacial score (nSPS) is 24.1. The van der Waals surface area contributed by atoms with E-state index in [0.29, 0.717) is 12.5 Å². The molecule has 2 aliphatic rings. The standard InChI is InChI=1S/C21H33N3O2/c1-17-8-4-5-9-19(17)26-16-21(25)23-15-18-10-11-22-20(14-18)24-12-6-2-3-7-13-24/h10-11,14,17,19H,2-9,12-13,15-16H2,1H3,(H,23,25). The lowest BCUT2D eigenvalue weighted by molar-refractivity contribution is -0.129. The van der Waals surface area contributed by atoms with Crippen LogP contribution in [0, 0.1) is 5.92 Å². The van der Waals surface area contributed by atoms with E-state index >= 15 is 0 Å². The van der Waals surface area contributed by atoms with Gasteiger partial charge in [0.15, 0.2) is 0 Å². The van der Waals surface area contributed by atoms with E-state index < -0.39 is 0 Å². The second-order valence-electron chi connectivity index (χ2n) is 7.81. The van der Waals surface area contributed by atoms with Crippen molar-refractivity contribution < 1.29 is 9.53 Å². The van der Waals surface area contributed by atoms with E-state index in [9.17, 15) is 4.79 Å². The molecule has 1 saturated carbocycles. The number of hydrogen-bond acceptors (Lipinski definition) is 4. The summed E-state index contributed by atoms with van der Waals surface area (Å²) in [5, 5.41) is 2.99. The Morgan fingerprint density at radius 1 is 1.19 bits per heavy atom. The molecule has 0 aromatic carbocycles. The molecule has 2 atom stereocenters. The molecule has 0 bridgehead atoms. The van der Waals surface area contributed by atoms with Gasteiger partial charge in [-0.15, -0.1) is 0 Å². The molecule has 1 amide bonds. The first-order valence-corrected chi connectivity index (χ1v) is 10.3. The fraction of sp³-hybridized carbons (Fsp3) is 0.714. The number of ether oxygens (including phenoxy) is 1. The number of amides is 1. The van der Waals surface area contributed by atoms with Crippen molar-refractivity contribution in [3.05, 3.63) is 23.9 Å². The SMILES string of the molecule is CC1CCCCC1OCC(=O)NCc1ccnc(N2CCCCCC2)c1. The van der Waals surface area contributed by atoms with Crippen LogP contribution in [0.15, 0.2) is 18.3 Å². The third kappa shape index (κ3) is 5.70. The van der Waals surface area contributed by atoms with E-state index in [1.165, 1.54) is 44.9 Å². The van der Waals surface area contributed by atoms with E-state index in [0.717, 1.165) is 30.9 Å². The van der Waals surface area contributed by atoms with Crippen molar-refractivity contribution >= 4 is 11.7 Å². The number of nitrogens with zero attached hydrogens (tertiary/aromatic N) is 2. The second kappa shape index (κ2) is 9.91. The summed E-state index contributed by atoms with van der Waals surface area (Å²) in [5.74, 6) is 1.56. The first-order chi connectivity index (χ1) is 12.7. The minimum atomic E-state index is -0.0316. The van der Waals surface area contributed by atoms with Gasteiger partial charge < -0.3 is 15.0 Å². The van der Waals surface area contributed by atoms with Crippen LogP contribution in [0.25, 0.3) is 0 Å². The third-order valence-corrected chi connectivity index (χ3v) is 5.69. The molecule has 26 heavy (non-hydrogen) atoms. The molecular formula is C21H33N3O2. The van der Waals surface area contributed by atoms with Crippen molar-refractivity contribution in [3.8, 4) is 0 Å². The number of anilines is 1. The van der Waals surface area contributed by atoms with Crippen LogP contribution >= 0.6 is 0 Å². The van der Waals surface area contributed by atoms with Crippen LogP contribution in [-0.2, 0) is 16.1 Å². The highest BCUT2D eigenvalue weighted by Gasteiger charge is 2.22. The maximum Gasteiger partial charge on any atom is 0.246 e. The third-order valence-electron chi connectivity index (χ3n) is 5.69. The lowest BCUT2D eigenvalue weighted by Crippen LogP contribution is -2.33. The van der Waals surface area contributed by atoms with Crippen molar-refractivity contribution in [2.75, 3.05) is 24.6 Å². The van der Waals surface area contributed by atoms with Gasteiger partial charge in [0.05, 0.1) is 6.10 Å². The molecule has 2 fully saturated rings. The highest BCUT2D eigenvalue weighted by atomic mass is 16.5. The molecule has 0 spiro atoms. The van der Waals surface area contributed by atoms with Crippen LogP contribution < -0.4 is 10.2 Å². The fourth-order valence-electron chi connectivity index (χ4n) is 4.01. The summed E-state index contributed by atoms with van der Waals surface area (Å²) < 4.78 is 5.85. The van der Waals surface area contributed by atoms with Crippen LogP contribution in [0.2, 0.25) is 0 Å². The maximum atomic E-state index is 12.1. The summed E-state index contributed by atoms with van der Waals surface area (Å²) in [6.45, 7) is 5.08. The van der Waals surface area contributed by atoms with E-state index in [1.54, 1.807) is 0 Å². The number of rotatable bonds is 6. The van der Waals surface area contributed by atoms with Crippen molar-refractivity contribution in [3.63, 3.8) is 0 Å². The molecule has 1 saturated heterocycles. The average molecular weight is 360 g/mol.